The average molecular weight is 435 g/mol. The Hall–Kier alpha value is -3.13. The number of halogens is 3. The Kier molecular flexibility index (Phi) is 5.85. The van der Waals surface area contributed by atoms with Crippen molar-refractivity contribution in [3.63, 3.8) is 0 Å². The Labute approximate surface area is 175 Å². The fourth-order valence-corrected chi connectivity index (χ4v) is 3.30. The van der Waals surface area contributed by atoms with Crippen molar-refractivity contribution in [1.82, 2.24) is 10.3 Å². The van der Waals surface area contributed by atoms with Crippen molar-refractivity contribution in [3.8, 4) is 22.8 Å². The van der Waals surface area contributed by atoms with Crippen LogP contribution in [0, 0.1) is 11.6 Å². The van der Waals surface area contributed by atoms with Gasteiger partial charge < -0.3 is 19.2 Å². The predicted molar refractivity (Wildman–Crippen MR) is 104 cm³/mol. The molecule has 1 aliphatic rings. The lowest BCUT2D eigenvalue weighted by Gasteiger charge is -2.20. The first-order valence-electron chi connectivity index (χ1n) is 9.24. The smallest absolute Gasteiger partial charge is 0.220 e. The normalized spacial score (nSPS) is 12.6. The predicted octanol–water partition coefficient (Wildman–Crippen LogP) is 4.29. The highest BCUT2D eigenvalue weighted by atomic mass is 35.5. The number of ether oxygens (including phenoxy) is 2. The molecular weight excluding hydrogens is 418 g/mol. The summed E-state index contributed by atoms with van der Waals surface area (Å²) in [5.41, 5.74) is 0.887. The number of nitrogens with one attached hydrogen (secondary N) is 1. The van der Waals surface area contributed by atoms with Crippen LogP contribution in [0.4, 0.5) is 8.78 Å². The van der Waals surface area contributed by atoms with Gasteiger partial charge in [0.25, 0.3) is 0 Å². The van der Waals surface area contributed by atoms with E-state index >= 15 is 0 Å². The van der Waals surface area contributed by atoms with Crippen molar-refractivity contribution in [2.45, 2.75) is 19.4 Å². The van der Waals surface area contributed by atoms with E-state index in [-0.39, 0.29) is 42.5 Å². The van der Waals surface area contributed by atoms with E-state index in [9.17, 15) is 13.6 Å². The molecule has 0 saturated carbocycles. The number of carbonyl (C=O) groups excluding carboxylic acids is 1. The van der Waals surface area contributed by atoms with E-state index in [1.807, 2.05) is 0 Å². The van der Waals surface area contributed by atoms with E-state index in [1.165, 1.54) is 12.3 Å². The molecule has 2 aromatic carbocycles. The largest absolute Gasteiger partial charge is 0.486 e. The molecule has 3 aromatic rings. The first kappa shape index (κ1) is 20.2. The molecule has 0 bridgehead atoms. The highest BCUT2D eigenvalue weighted by Crippen LogP contribution is 2.38. The molecule has 9 heteroatoms. The number of fused-ring (bicyclic) bond motifs is 1. The zero-order valence-electron chi connectivity index (χ0n) is 15.7. The van der Waals surface area contributed by atoms with Crippen LogP contribution in [0.3, 0.4) is 0 Å². The summed E-state index contributed by atoms with van der Waals surface area (Å²) in [4.78, 5) is 16.2. The van der Waals surface area contributed by atoms with Gasteiger partial charge in [0.1, 0.15) is 24.8 Å². The highest BCUT2D eigenvalue weighted by molar-refractivity contribution is 6.32. The van der Waals surface area contributed by atoms with E-state index < -0.39 is 11.6 Å². The minimum absolute atomic E-state index is 0.107. The van der Waals surface area contributed by atoms with Gasteiger partial charge in [0, 0.05) is 25.5 Å². The van der Waals surface area contributed by atoms with E-state index in [2.05, 4.69) is 10.3 Å². The SMILES string of the molecule is O=C(CCc1ncc(-c2ccc(F)cc2F)o1)NCc1cc(Cl)c2c(c1)OCCO2. The third-order valence-electron chi connectivity index (χ3n) is 4.46. The second-order valence-electron chi connectivity index (χ2n) is 6.62. The molecule has 0 saturated heterocycles. The van der Waals surface area contributed by atoms with Gasteiger partial charge in [-0.2, -0.15) is 0 Å². The molecule has 6 nitrogen and oxygen atoms in total. The molecule has 2 heterocycles. The van der Waals surface area contributed by atoms with Crippen LogP contribution in [0.1, 0.15) is 17.9 Å². The van der Waals surface area contributed by atoms with Crippen LogP contribution < -0.4 is 14.8 Å². The molecule has 0 spiro atoms. The zero-order chi connectivity index (χ0) is 21.1. The Morgan fingerprint density at radius 3 is 2.83 bits per heavy atom. The lowest BCUT2D eigenvalue weighted by molar-refractivity contribution is -0.121. The van der Waals surface area contributed by atoms with Crippen LogP contribution in [-0.2, 0) is 17.8 Å². The van der Waals surface area contributed by atoms with Crippen molar-refractivity contribution in [1.29, 1.82) is 0 Å². The third-order valence-corrected chi connectivity index (χ3v) is 4.74. The number of aryl methyl sites for hydroxylation is 1. The van der Waals surface area contributed by atoms with E-state index in [0.717, 1.165) is 17.7 Å². The molecule has 4 rings (SSSR count). The maximum absolute atomic E-state index is 13.8. The molecule has 30 heavy (non-hydrogen) atoms. The van der Waals surface area contributed by atoms with Gasteiger partial charge in [-0.25, -0.2) is 13.8 Å². The van der Waals surface area contributed by atoms with Gasteiger partial charge in [0.2, 0.25) is 5.91 Å². The van der Waals surface area contributed by atoms with E-state index in [4.69, 9.17) is 25.5 Å². The summed E-state index contributed by atoms with van der Waals surface area (Å²) < 4.78 is 43.3. The minimum Gasteiger partial charge on any atom is -0.486 e. The standard InChI is InChI=1S/C21H17ClF2N2O4/c22-15-7-12(8-17-21(15)29-6-5-28-17)10-25-19(27)3-4-20-26-11-18(30-20)14-2-1-13(23)9-16(14)24/h1-2,7-9,11H,3-6,10H2,(H,25,27). The number of aromatic nitrogens is 1. The molecule has 1 aliphatic heterocycles. The second-order valence-corrected chi connectivity index (χ2v) is 7.03. The van der Waals surface area contributed by atoms with Crippen molar-refractivity contribution >= 4 is 17.5 Å². The van der Waals surface area contributed by atoms with E-state index in [0.29, 0.717) is 29.7 Å². The first-order chi connectivity index (χ1) is 14.5. The van der Waals surface area contributed by atoms with Gasteiger partial charge in [0.05, 0.1) is 16.8 Å². The maximum Gasteiger partial charge on any atom is 0.220 e. The molecular formula is C21H17ClF2N2O4. The van der Waals surface area contributed by atoms with Crippen LogP contribution in [0.5, 0.6) is 11.5 Å². The highest BCUT2D eigenvalue weighted by Gasteiger charge is 2.17. The van der Waals surface area contributed by atoms with Crippen molar-refractivity contribution in [3.05, 3.63) is 64.6 Å². The minimum atomic E-state index is -0.742. The monoisotopic (exact) mass is 434 g/mol. The summed E-state index contributed by atoms with van der Waals surface area (Å²) in [6.45, 7) is 1.16. The molecule has 1 amide bonds. The topological polar surface area (TPSA) is 73.6 Å². The van der Waals surface area contributed by atoms with Crippen molar-refractivity contribution in [2.24, 2.45) is 0 Å². The number of hydrogen-bond donors (Lipinski definition) is 1. The Morgan fingerprint density at radius 2 is 2.00 bits per heavy atom. The fraction of sp³-hybridized carbons (Fsp3) is 0.238. The van der Waals surface area contributed by atoms with Crippen molar-refractivity contribution in [2.75, 3.05) is 13.2 Å². The molecule has 0 fully saturated rings. The Bertz CT molecular complexity index is 1090. The van der Waals surface area contributed by atoms with Crippen LogP contribution in [-0.4, -0.2) is 24.1 Å². The molecule has 0 atom stereocenters. The van der Waals surface area contributed by atoms with E-state index in [1.54, 1.807) is 12.1 Å². The molecule has 156 valence electrons. The summed E-state index contributed by atoms with van der Waals surface area (Å²) in [7, 11) is 0. The summed E-state index contributed by atoms with van der Waals surface area (Å²) in [6, 6.07) is 6.68. The average Bonchev–Trinajstić information content (AvgIpc) is 3.19. The number of rotatable bonds is 6. The zero-order valence-corrected chi connectivity index (χ0v) is 16.5. The molecule has 0 radical (unpaired) electrons. The number of nitrogens with zero attached hydrogens (tertiary/aromatic N) is 1. The number of benzene rings is 2. The Balaban J connectivity index is 1.31. The lowest BCUT2D eigenvalue weighted by Crippen LogP contribution is -2.23. The molecule has 1 aromatic heterocycles. The Morgan fingerprint density at radius 1 is 1.17 bits per heavy atom. The summed E-state index contributed by atoms with van der Waals surface area (Å²) >= 11 is 6.19. The van der Waals surface area contributed by atoms with Gasteiger partial charge in [-0.05, 0) is 29.8 Å². The van der Waals surface area contributed by atoms with Gasteiger partial charge in [-0.15, -0.1) is 0 Å². The quantitative estimate of drug-likeness (QED) is 0.626. The van der Waals surface area contributed by atoms with Gasteiger partial charge in [0.15, 0.2) is 23.1 Å². The summed E-state index contributed by atoms with van der Waals surface area (Å²) in [5.74, 6) is -0.108. The van der Waals surface area contributed by atoms with Gasteiger partial charge >= 0.3 is 0 Å². The second kappa shape index (κ2) is 8.71. The van der Waals surface area contributed by atoms with Crippen LogP contribution in [0.15, 0.2) is 40.9 Å². The molecule has 0 aliphatic carbocycles. The van der Waals surface area contributed by atoms with Gasteiger partial charge in [-0.1, -0.05) is 11.6 Å². The first-order valence-corrected chi connectivity index (χ1v) is 9.62. The van der Waals surface area contributed by atoms with Gasteiger partial charge in [-0.3, -0.25) is 4.79 Å². The van der Waals surface area contributed by atoms with Crippen molar-refractivity contribution < 1.29 is 27.5 Å². The summed E-state index contributed by atoms with van der Waals surface area (Å²) in [5, 5.41) is 3.22. The molecule has 1 N–H and O–H groups in total. The molecule has 0 unspecified atom stereocenters. The lowest BCUT2D eigenvalue weighted by atomic mass is 10.2. The fourth-order valence-electron chi connectivity index (χ4n) is 3.02. The van der Waals surface area contributed by atoms with Crippen LogP contribution >= 0.6 is 11.6 Å². The number of amides is 1. The number of oxazole rings is 1. The summed E-state index contributed by atoms with van der Waals surface area (Å²) in [6.07, 6.45) is 1.71. The number of carbonyl (C=O) groups is 1. The third kappa shape index (κ3) is 4.54. The maximum atomic E-state index is 13.8. The van der Waals surface area contributed by atoms with Crippen LogP contribution in [0.25, 0.3) is 11.3 Å². The van der Waals surface area contributed by atoms with Crippen LogP contribution in [0.2, 0.25) is 5.02 Å². The number of hydrogen-bond acceptors (Lipinski definition) is 5.